The van der Waals surface area contributed by atoms with Crippen molar-refractivity contribution in [1.29, 1.82) is 0 Å². The maximum atomic E-state index is 4.57. The first kappa shape index (κ1) is 13.3. The third kappa shape index (κ3) is 2.73. The fraction of sp³-hybridized carbons (Fsp3) is 0.231. The minimum atomic E-state index is 0.658. The molecule has 0 radical (unpaired) electrons. The molecule has 3 aromatic rings. The molecule has 102 valence electrons. The summed E-state index contributed by atoms with van der Waals surface area (Å²) in [6.07, 6.45) is 3.63. The van der Waals surface area contributed by atoms with Gasteiger partial charge in [0.05, 0.1) is 11.1 Å². The number of thiophene rings is 1. The van der Waals surface area contributed by atoms with E-state index in [0.29, 0.717) is 5.75 Å². The monoisotopic (exact) mass is 303 g/mol. The van der Waals surface area contributed by atoms with Gasteiger partial charge in [0.1, 0.15) is 16.5 Å². The van der Waals surface area contributed by atoms with E-state index in [9.17, 15) is 0 Å². The molecule has 0 aromatic carbocycles. The van der Waals surface area contributed by atoms with Gasteiger partial charge in [0.25, 0.3) is 0 Å². The van der Waals surface area contributed by atoms with Gasteiger partial charge >= 0.3 is 0 Å². The van der Waals surface area contributed by atoms with Crippen molar-refractivity contribution in [2.75, 3.05) is 12.4 Å². The van der Waals surface area contributed by atoms with Crippen molar-refractivity contribution < 1.29 is 0 Å². The number of hydrogen-bond acceptors (Lipinski definition) is 7. The molecule has 0 bridgehead atoms. The number of nitrogens with zero attached hydrogens (tertiary/aromatic N) is 4. The van der Waals surface area contributed by atoms with Crippen LogP contribution < -0.4 is 5.32 Å². The van der Waals surface area contributed by atoms with Gasteiger partial charge in [-0.15, -0.1) is 11.3 Å². The summed E-state index contributed by atoms with van der Waals surface area (Å²) in [5.74, 6) is 2.32. The Balaban J connectivity index is 1.81. The minimum absolute atomic E-state index is 0.658. The summed E-state index contributed by atoms with van der Waals surface area (Å²) in [4.78, 5) is 18.6. The molecular formula is C13H13N5S2. The molecule has 0 saturated carbocycles. The van der Waals surface area contributed by atoms with Crippen LogP contribution in [-0.4, -0.2) is 27.0 Å². The zero-order chi connectivity index (χ0) is 13.9. The fourth-order valence-corrected chi connectivity index (χ4v) is 3.16. The van der Waals surface area contributed by atoms with E-state index in [2.05, 4.69) is 25.3 Å². The third-order valence-corrected chi connectivity index (χ3v) is 4.37. The van der Waals surface area contributed by atoms with Gasteiger partial charge in [0, 0.05) is 19.4 Å². The lowest BCUT2D eigenvalue weighted by atomic mass is 10.4. The van der Waals surface area contributed by atoms with Crippen LogP contribution in [0.4, 0.5) is 5.82 Å². The van der Waals surface area contributed by atoms with E-state index in [-0.39, 0.29) is 0 Å². The highest BCUT2D eigenvalue weighted by Gasteiger charge is 2.08. The Morgan fingerprint density at radius 1 is 1.25 bits per heavy atom. The normalized spacial score (nSPS) is 10.9. The molecule has 0 fully saturated rings. The Morgan fingerprint density at radius 2 is 2.05 bits per heavy atom. The van der Waals surface area contributed by atoms with E-state index in [1.54, 1.807) is 23.1 Å². The molecule has 7 heteroatoms. The van der Waals surface area contributed by atoms with Crippen molar-refractivity contribution >= 4 is 39.1 Å². The van der Waals surface area contributed by atoms with Gasteiger partial charge in [0.15, 0.2) is 5.16 Å². The first-order valence-corrected chi connectivity index (χ1v) is 7.96. The van der Waals surface area contributed by atoms with Crippen LogP contribution in [0.15, 0.2) is 29.0 Å². The molecule has 20 heavy (non-hydrogen) atoms. The molecule has 0 aliphatic rings. The van der Waals surface area contributed by atoms with E-state index in [0.717, 1.165) is 32.6 Å². The average molecular weight is 303 g/mol. The van der Waals surface area contributed by atoms with Crippen molar-refractivity contribution in [2.24, 2.45) is 0 Å². The summed E-state index contributed by atoms with van der Waals surface area (Å²) < 4.78 is 0. The zero-order valence-electron chi connectivity index (χ0n) is 11.1. The molecule has 0 saturated heterocycles. The van der Waals surface area contributed by atoms with Crippen LogP contribution in [0.5, 0.6) is 0 Å². The average Bonchev–Trinajstić information content (AvgIpc) is 2.94. The molecule has 3 aromatic heterocycles. The lowest BCUT2D eigenvalue weighted by Gasteiger charge is -2.04. The summed E-state index contributed by atoms with van der Waals surface area (Å²) in [6.45, 7) is 1.97. The number of anilines is 1. The van der Waals surface area contributed by atoms with Gasteiger partial charge in [0.2, 0.25) is 0 Å². The van der Waals surface area contributed by atoms with E-state index in [1.807, 2.05) is 37.8 Å². The molecule has 0 aliphatic heterocycles. The number of rotatable bonds is 4. The lowest BCUT2D eigenvalue weighted by molar-refractivity contribution is 0.945. The van der Waals surface area contributed by atoms with Crippen LogP contribution >= 0.6 is 23.1 Å². The van der Waals surface area contributed by atoms with Gasteiger partial charge in [-0.2, -0.15) is 0 Å². The Kier molecular flexibility index (Phi) is 3.79. The summed E-state index contributed by atoms with van der Waals surface area (Å²) in [6, 6.07) is 2.03. The van der Waals surface area contributed by atoms with Crippen molar-refractivity contribution in [1.82, 2.24) is 19.9 Å². The summed E-state index contributed by atoms with van der Waals surface area (Å²) >= 11 is 3.17. The lowest BCUT2D eigenvalue weighted by Crippen LogP contribution is -1.99. The minimum Gasteiger partial charge on any atom is -0.372 e. The SMILES string of the molecule is CNc1nc(CSc2ncc(C)cn2)nc2sccc12. The van der Waals surface area contributed by atoms with Crippen molar-refractivity contribution in [2.45, 2.75) is 17.8 Å². The molecule has 0 amide bonds. The molecular weight excluding hydrogens is 290 g/mol. The Labute approximate surface area is 124 Å². The quantitative estimate of drug-likeness (QED) is 0.590. The van der Waals surface area contributed by atoms with Crippen molar-refractivity contribution in [3.8, 4) is 0 Å². The standard InChI is InChI=1S/C13H13N5S2/c1-8-5-15-13(16-6-8)20-7-10-17-11(14-2)9-3-4-19-12(9)18-10/h3-6H,7H2,1-2H3,(H,14,17,18). The highest BCUT2D eigenvalue weighted by atomic mass is 32.2. The predicted molar refractivity (Wildman–Crippen MR) is 83.3 cm³/mol. The maximum absolute atomic E-state index is 4.57. The second-order valence-electron chi connectivity index (χ2n) is 4.21. The van der Waals surface area contributed by atoms with E-state index in [1.165, 1.54) is 0 Å². The van der Waals surface area contributed by atoms with Gasteiger partial charge in [-0.25, -0.2) is 19.9 Å². The van der Waals surface area contributed by atoms with Crippen molar-refractivity contribution in [3.05, 3.63) is 35.2 Å². The van der Waals surface area contributed by atoms with Gasteiger partial charge in [-0.05, 0) is 23.9 Å². The van der Waals surface area contributed by atoms with Crippen LogP contribution in [0.1, 0.15) is 11.4 Å². The first-order valence-electron chi connectivity index (χ1n) is 6.09. The number of aryl methyl sites for hydroxylation is 1. The summed E-state index contributed by atoms with van der Waals surface area (Å²) in [5.41, 5.74) is 1.06. The Bertz CT molecular complexity index is 723. The summed E-state index contributed by atoms with van der Waals surface area (Å²) in [5, 5.41) is 6.96. The Morgan fingerprint density at radius 3 is 2.80 bits per heavy atom. The van der Waals surface area contributed by atoms with Crippen LogP contribution in [0.3, 0.4) is 0 Å². The molecule has 1 N–H and O–H groups in total. The van der Waals surface area contributed by atoms with E-state index < -0.39 is 0 Å². The zero-order valence-corrected chi connectivity index (χ0v) is 12.8. The molecule has 0 unspecified atom stereocenters. The van der Waals surface area contributed by atoms with Gasteiger partial charge in [-0.1, -0.05) is 11.8 Å². The predicted octanol–water partition coefficient (Wildman–Crippen LogP) is 3.12. The molecule has 3 heterocycles. The van der Waals surface area contributed by atoms with Crippen LogP contribution in [-0.2, 0) is 5.75 Å². The highest BCUT2D eigenvalue weighted by molar-refractivity contribution is 7.98. The van der Waals surface area contributed by atoms with Crippen molar-refractivity contribution in [3.63, 3.8) is 0 Å². The number of nitrogens with one attached hydrogen (secondary N) is 1. The third-order valence-electron chi connectivity index (χ3n) is 2.70. The van der Waals surface area contributed by atoms with Crippen LogP contribution in [0, 0.1) is 6.92 Å². The number of fused-ring (bicyclic) bond motifs is 1. The smallest absolute Gasteiger partial charge is 0.187 e. The molecule has 0 atom stereocenters. The summed E-state index contributed by atoms with van der Waals surface area (Å²) in [7, 11) is 1.87. The van der Waals surface area contributed by atoms with Gasteiger partial charge < -0.3 is 5.32 Å². The van der Waals surface area contributed by atoms with Crippen LogP contribution in [0.2, 0.25) is 0 Å². The molecule has 5 nitrogen and oxygen atoms in total. The maximum Gasteiger partial charge on any atom is 0.187 e. The number of aromatic nitrogens is 4. The number of hydrogen-bond donors (Lipinski definition) is 1. The van der Waals surface area contributed by atoms with Gasteiger partial charge in [-0.3, -0.25) is 0 Å². The van der Waals surface area contributed by atoms with Crippen LogP contribution in [0.25, 0.3) is 10.2 Å². The fourth-order valence-electron chi connectivity index (χ4n) is 1.74. The molecule has 0 aliphatic carbocycles. The first-order chi connectivity index (χ1) is 9.76. The second kappa shape index (κ2) is 5.72. The number of thioether (sulfide) groups is 1. The largest absolute Gasteiger partial charge is 0.372 e. The Hall–Kier alpha value is -1.73. The molecule has 0 spiro atoms. The van der Waals surface area contributed by atoms with E-state index in [4.69, 9.17) is 0 Å². The van der Waals surface area contributed by atoms with E-state index >= 15 is 0 Å². The molecule has 3 rings (SSSR count). The highest BCUT2D eigenvalue weighted by Crippen LogP contribution is 2.26. The second-order valence-corrected chi connectivity index (χ2v) is 6.05. The topological polar surface area (TPSA) is 63.6 Å².